The molecule has 2 heterocycles. The number of nitrogens with zero attached hydrogens (tertiary/aromatic N) is 3. The number of ether oxygens (including phenoxy) is 1. The summed E-state index contributed by atoms with van der Waals surface area (Å²) in [6, 6.07) is 2.24. The molecule has 2 aromatic rings. The van der Waals surface area contributed by atoms with Crippen molar-refractivity contribution in [3.63, 3.8) is 0 Å². The molecule has 0 aliphatic rings. The molecule has 0 unspecified atom stereocenters. The normalized spacial score (nSPS) is 10.5. The Labute approximate surface area is 107 Å². The van der Waals surface area contributed by atoms with Crippen molar-refractivity contribution < 1.29 is 9.26 Å². The minimum atomic E-state index is 0.372. The summed E-state index contributed by atoms with van der Waals surface area (Å²) in [5.41, 5.74) is 0.794. The number of anilines is 1. The number of aromatic nitrogens is 3. The second-order valence-electron chi connectivity index (χ2n) is 3.23. The molecule has 0 radical (unpaired) electrons. The molecule has 7 heteroatoms. The highest BCUT2D eigenvalue weighted by atomic mass is 79.9. The lowest BCUT2D eigenvalue weighted by Crippen LogP contribution is -2.07. The maximum absolute atomic E-state index is 5.03. The van der Waals surface area contributed by atoms with Gasteiger partial charge in [0.15, 0.2) is 0 Å². The van der Waals surface area contributed by atoms with E-state index in [1.54, 1.807) is 19.5 Å². The highest BCUT2D eigenvalue weighted by Gasteiger charge is 2.08. The Hall–Kier alpha value is -1.47. The van der Waals surface area contributed by atoms with Gasteiger partial charge in [0.05, 0.1) is 6.61 Å². The van der Waals surface area contributed by atoms with Gasteiger partial charge in [0.1, 0.15) is 0 Å². The first-order valence-corrected chi connectivity index (χ1v) is 5.76. The third-order valence-electron chi connectivity index (χ3n) is 1.97. The quantitative estimate of drug-likeness (QED) is 0.851. The molecular formula is C10H11BrN4O2. The molecule has 0 amide bonds. The van der Waals surface area contributed by atoms with Crippen LogP contribution in [0.1, 0.15) is 0 Å². The molecular weight excluding hydrogens is 288 g/mol. The Balaban J connectivity index is 2.07. The van der Waals surface area contributed by atoms with Crippen molar-refractivity contribution in [1.82, 2.24) is 15.1 Å². The van der Waals surface area contributed by atoms with Crippen LogP contribution in [0, 0.1) is 0 Å². The van der Waals surface area contributed by atoms with Gasteiger partial charge in [-0.05, 0) is 22.0 Å². The molecule has 1 N–H and O–H groups in total. The van der Waals surface area contributed by atoms with Crippen molar-refractivity contribution in [3.8, 4) is 11.4 Å². The molecule has 0 aliphatic carbocycles. The molecule has 0 bridgehead atoms. The zero-order valence-electron chi connectivity index (χ0n) is 9.18. The number of rotatable bonds is 5. The van der Waals surface area contributed by atoms with Crippen molar-refractivity contribution in [1.29, 1.82) is 0 Å². The van der Waals surface area contributed by atoms with Crippen molar-refractivity contribution in [2.24, 2.45) is 0 Å². The van der Waals surface area contributed by atoms with E-state index in [4.69, 9.17) is 9.26 Å². The van der Waals surface area contributed by atoms with Crippen LogP contribution in [-0.2, 0) is 4.74 Å². The molecule has 0 saturated heterocycles. The fourth-order valence-electron chi connectivity index (χ4n) is 1.21. The van der Waals surface area contributed by atoms with Gasteiger partial charge in [-0.15, -0.1) is 0 Å². The largest absolute Gasteiger partial charge is 0.383 e. The lowest BCUT2D eigenvalue weighted by Gasteiger charge is -1.97. The van der Waals surface area contributed by atoms with Crippen LogP contribution in [-0.4, -0.2) is 35.4 Å². The van der Waals surface area contributed by atoms with Gasteiger partial charge in [0.25, 0.3) is 0 Å². The van der Waals surface area contributed by atoms with E-state index in [2.05, 4.69) is 36.4 Å². The lowest BCUT2D eigenvalue weighted by molar-refractivity contribution is 0.210. The summed E-state index contributed by atoms with van der Waals surface area (Å²) in [6.07, 6.45) is 3.37. The summed E-state index contributed by atoms with van der Waals surface area (Å²) >= 11 is 3.34. The summed E-state index contributed by atoms with van der Waals surface area (Å²) in [5.74, 6) is 0.499. The molecule has 2 aromatic heterocycles. The first-order valence-electron chi connectivity index (χ1n) is 4.97. The first-order chi connectivity index (χ1) is 8.29. The molecule has 0 aliphatic heterocycles. The average Bonchev–Trinajstić information content (AvgIpc) is 2.78. The van der Waals surface area contributed by atoms with E-state index < -0.39 is 0 Å². The van der Waals surface area contributed by atoms with Crippen LogP contribution in [0.4, 0.5) is 6.01 Å². The second kappa shape index (κ2) is 5.74. The smallest absolute Gasteiger partial charge is 0.321 e. The van der Waals surface area contributed by atoms with Crippen LogP contribution in [0.3, 0.4) is 0 Å². The number of pyridine rings is 1. The molecule has 0 saturated carbocycles. The van der Waals surface area contributed by atoms with Gasteiger partial charge in [-0.3, -0.25) is 4.98 Å². The standard InChI is InChI=1S/C10H11BrN4O2/c1-16-3-2-13-10-14-9(15-17-10)7-4-8(11)6-12-5-7/h4-6H,2-3H2,1H3,(H,13,14,15). The van der Waals surface area contributed by atoms with E-state index in [0.29, 0.717) is 25.0 Å². The molecule has 0 fully saturated rings. The Bertz CT molecular complexity index is 489. The summed E-state index contributed by atoms with van der Waals surface area (Å²) in [5, 5.41) is 6.81. The van der Waals surface area contributed by atoms with E-state index in [9.17, 15) is 0 Å². The number of methoxy groups -OCH3 is 1. The van der Waals surface area contributed by atoms with Gasteiger partial charge in [-0.1, -0.05) is 5.16 Å². The van der Waals surface area contributed by atoms with E-state index in [0.717, 1.165) is 10.0 Å². The molecule has 2 rings (SSSR count). The molecule has 0 aromatic carbocycles. The van der Waals surface area contributed by atoms with Gasteiger partial charge in [-0.2, -0.15) is 4.98 Å². The van der Waals surface area contributed by atoms with Crippen LogP contribution < -0.4 is 5.32 Å². The summed E-state index contributed by atoms with van der Waals surface area (Å²) < 4.78 is 10.8. The zero-order chi connectivity index (χ0) is 12.1. The maximum Gasteiger partial charge on any atom is 0.321 e. The topological polar surface area (TPSA) is 73.1 Å². The monoisotopic (exact) mass is 298 g/mol. The van der Waals surface area contributed by atoms with Gasteiger partial charge >= 0.3 is 6.01 Å². The third-order valence-corrected chi connectivity index (χ3v) is 2.41. The van der Waals surface area contributed by atoms with Gasteiger partial charge in [0, 0.05) is 36.1 Å². The number of nitrogens with one attached hydrogen (secondary N) is 1. The Morgan fingerprint density at radius 2 is 2.35 bits per heavy atom. The highest BCUT2D eigenvalue weighted by molar-refractivity contribution is 9.10. The van der Waals surface area contributed by atoms with Crippen LogP contribution in [0.15, 0.2) is 27.5 Å². The van der Waals surface area contributed by atoms with Gasteiger partial charge in [-0.25, -0.2) is 0 Å². The van der Waals surface area contributed by atoms with E-state index in [1.807, 2.05) is 6.07 Å². The summed E-state index contributed by atoms with van der Waals surface area (Å²) in [6.45, 7) is 1.20. The highest BCUT2D eigenvalue weighted by Crippen LogP contribution is 2.19. The average molecular weight is 299 g/mol. The molecule has 90 valence electrons. The fraction of sp³-hybridized carbons (Fsp3) is 0.300. The van der Waals surface area contributed by atoms with Crippen molar-refractivity contribution in [3.05, 3.63) is 22.9 Å². The molecule has 17 heavy (non-hydrogen) atoms. The van der Waals surface area contributed by atoms with Crippen LogP contribution in [0.25, 0.3) is 11.4 Å². The number of hydrogen-bond donors (Lipinski definition) is 1. The lowest BCUT2D eigenvalue weighted by atomic mass is 10.3. The number of halogens is 1. The summed E-state index contributed by atoms with van der Waals surface area (Å²) in [7, 11) is 1.63. The minimum Gasteiger partial charge on any atom is -0.383 e. The summed E-state index contributed by atoms with van der Waals surface area (Å²) in [4.78, 5) is 8.22. The van der Waals surface area contributed by atoms with Crippen LogP contribution in [0.5, 0.6) is 0 Å². The fourth-order valence-corrected chi connectivity index (χ4v) is 1.57. The van der Waals surface area contributed by atoms with E-state index >= 15 is 0 Å². The third kappa shape index (κ3) is 3.24. The maximum atomic E-state index is 5.03. The van der Waals surface area contributed by atoms with Crippen molar-refractivity contribution >= 4 is 21.9 Å². The molecule has 0 atom stereocenters. The molecule has 0 spiro atoms. The van der Waals surface area contributed by atoms with E-state index in [-0.39, 0.29) is 0 Å². The van der Waals surface area contributed by atoms with E-state index in [1.165, 1.54) is 0 Å². The zero-order valence-corrected chi connectivity index (χ0v) is 10.8. The first kappa shape index (κ1) is 12.0. The predicted octanol–water partition coefficient (Wildman–Crippen LogP) is 1.95. The SMILES string of the molecule is COCCNc1nc(-c2cncc(Br)c2)no1. The van der Waals surface area contributed by atoms with Crippen molar-refractivity contribution in [2.75, 3.05) is 25.6 Å². The predicted molar refractivity (Wildman–Crippen MR) is 65.6 cm³/mol. The van der Waals surface area contributed by atoms with Gasteiger partial charge < -0.3 is 14.6 Å². The Morgan fingerprint density at radius 3 is 3.12 bits per heavy atom. The second-order valence-corrected chi connectivity index (χ2v) is 4.15. The van der Waals surface area contributed by atoms with Crippen LogP contribution >= 0.6 is 15.9 Å². The minimum absolute atomic E-state index is 0.372. The van der Waals surface area contributed by atoms with Crippen LogP contribution in [0.2, 0.25) is 0 Å². The Kier molecular flexibility index (Phi) is 4.05. The van der Waals surface area contributed by atoms with Gasteiger partial charge in [0.2, 0.25) is 5.82 Å². The molecule has 6 nitrogen and oxygen atoms in total. The Morgan fingerprint density at radius 1 is 1.47 bits per heavy atom. The van der Waals surface area contributed by atoms with Crippen molar-refractivity contribution in [2.45, 2.75) is 0 Å². The number of hydrogen-bond acceptors (Lipinski definition) is 6.